The van der Waals surface area contributed by atoms with Crippen molar-refractivity contribution in [2.24, 2.45) is 5.92 Å². The number of nitrogens with one attached hydrogen (secondary N) is 1. The summed E-state index contributed by atoms with van der Waals surface area (Å²) in [5.41, 5.74) is 1.64. The lowest BCUT2D eigenvalue weighted by Gasteiger charge is -2.18. The highest BCUT2D eigenvalue weighted by molar-refractivity contribution is 5.93. The Morgan fingerprint density at radius 3 is 2.86 bits per heavy atom. The molecule has 1 amide bonds. The number of aryl methyl sites for hydroxylation is 1. The van der Waals surface area contributed by atoms with E-state index in [9.17, 15) is 9.59 Å². The molecule has 3 unspecified atom stereocenters. The molecule has 3 rings (SSSR count). The number of amides is 1. The second-order valence-electron chi connectivity index (χ2n) is 5.80. The van der Waals surface area contributed by atoms with Crippen LogP contribution in [0.5, 0.6) is 0 Å². The molecule has 2 fully saturated rings. The Balaban J connectivity index is 1.60. The summed E-state index contributed by atoms with van der Waals surface area (Å²) in [6, 6.07) is 7.38. The van der Waals surface area contributed by atoms with Crippen LogP contribution in [0.25, 0.3) is 0 Å². The van der Waals surface area contributed by atoms with Crippen LogP contribution in [0.15, 0.2) is 24.3 Å². The molecule has 0 saturated carbocycles. The Morgan fingerprint density at radius 1 is 1.33 bits per heavy atom. The zero-order chi connectivity index (χ0) is 14.8. The number of carboxylic acid groups (broad SMARTS) is 1. The van der Waals surface area contributed by atoms with E-state index < -0.39 is 5.97 Å². The van der Waals surface area contributed by atoms with E-state index in [1.165, 1.54) is 0 Å². The predicted octanol–water partition coefficient (Wildman–Crippen LogP) is 2.21. The zero-order valence-corrected chi connectivity index (χ0v) is 11.7. The molecule has 5 nitrogen and oxygen atoms in total. The number of rotatable bonds is 5. The molecule has 2 bridgehead atoms. The summed E-state index contributed by atoms with van der Waals surface area (Å²) in [5, 5.41) is 11.6. The number of hydrogen-bond donors (Lipinski definition) is 2. The first kappa shape index (κ1) is 14.1. The molecule has 21 heavy (non-hydrogen) atoms. The van der Waals surface area contributed by atoms with Gasteiger partial charge in [0, 0.05) is 12.1 Å². The van der Waals surface area contributed by atoms with Gasteiger partial charge in [0.2, 0.25) is 5.91 Å². The summed E-state index contributed by atoms with van der Waals surface area (Å²) in [7, 11) is 0. The van der Waals surface area contributed by atoms with Crippen LogP contribution in [0.3, 0.4) is 0 Å². The van der Waals surface area contributed by atoms with Crippen LogP contribution >= 0.6 is 0 Å². The number of benzene rings is 1. The Hall–Kier alpha value is -1.88. The van der Waals surface area contributed by atoms with Gasteiger partial charge in [-0.05, 0) is 43.4 Å². The van der Waals surface area contributed by atoms with Crippen molar-refractivity contribution in [3.63, 3.8) is 0 Å². The van der Waals surface area contributed by atoms with Crippen LogP contribution in [0, 0.1) is 5.92 Å². The largest absolute Gasteiger partial charge is 0.481 e. The van der Waals surface area contributed by atoms with Crippen molar-refractivity contribution in [1.29, 1.82) is 0 Å². The number of anilines is 1. The lowest BCUT2D eigenvalue weighted by Crippen LogP contribution is -2.30. The molecule has 2 N–H and O–H groups in total. The first-order valence-corrected chi connectivity index (χ1v) is 7.39. The summed E-state index contributed by atoms with van der Waals surface area (Å²) in [6.07, 6.45) is 3.75. The minimum absolute atomic E-state index is 0.0117. The van der Waals surface area contributed by atoms with Crippen LogP contribution in [0.2, 0.25) is 0 Å². The average Bonchev–Trinajstić information content (AvgIpc) is 3.08. The van der Waals surface area contributed by atoms with E-state index >= 15 is 0 Å². The van der Waals surface area contributed by atoms with E-state index in [0.29, 0.717) is 6.42 Å². The molecule has 3 atom stereocenters. The van der Waals surface area contributed by atoms with Gasteiger partial charge < -0.3 is 15.2 Å². The number of carbonyl (C=O) groups is 2. The molecule has 0 aliphatic carbocycles. The molecular formula is C16H19NO4. The Morgan fingerprint density at radius 2 is 2.19 bits per heavy atom. The highest BCUT2D eigenvalue weighted by atomic mass is 16.5. The molecule has 5 heteroatoms. The minimum atomic E-state index is -0.816. The summed E-state index contributed by atoms with van der Waals surface area (Å²) >= 11 is 0. The maximum atomic E-state index is 12.3. The van der Waals surface area contributed by atoms with E-state index in [1.54, 1.807) is 0 Å². The molecule has 1 aromatic rings. The summed E-state index contributed by atoms with van der Waals surface area (Å²) in [5.74, 6) is -0.854. The molecule has 2 aliphatic rings. The van der Waals surface area contributed by atoms with Crippen LogP contribution < -0.4 is 5.32 Å². The summed E-state index contributed by atoms with van der Waals surface area (Å²) in [6.45, 7) is 0. The Bertz CT molecular complexity index is 557. The first-order valence-electron chi connectivity index (χ1n) is 7.39. The van der Waals surface area contributed by atoms with Gasteiger partial charge in [-0.3, -0.25) is 9.59 Å². The number of carbonyl (C=O) groups excluding carboxylic acids is 1. The lowest BCUT2D eigenvalue weighted by atomic mass is 9.88. The third-order valence-electron chi connectivity index (χ3n) is 4.26. The van der Waals surface area contributed by atoms with Crippen molar-refractivity contribution < 1.29 is 19.4 Å². The fourth-order valence-electron chi connectivity index (χ4n) is 3.20. The first-order chi connectivity index (χ1) is 10.1. The van der Waals surface area contributed by atoms with Gasteiger partial charge in [0.1, 0.15) is 0 Å². The zero-order valence-electron chi connectivity index (χ0n) is 11.7. The van der Waals surface area contributed by atoms with Gasteiger partial charge in [-0.1, -0.05) is 12.1 Å². The third kappa shape index (κ3) is 3.24. The van der Waals surface area contributed by atoms with Gasteiger partial charge in [0.05, 0.1) is 18.1 Å². The maximum Gasteiger partial charge on any atom is 0.303 e. The van der Waals surface area contributed by atoms with Crippen molar-refractivity contribution >= 4 is 17.6 Å². The van der Waals surface area contributed by atoms with Gasteiger partial charge in [-0.2, -0.15) is 0 Å². The van der Waals surface area contributed by atoms with Crippen molar-refractivity contribution in [2.45, 2.75) is 44.3 Å². The molecule has 0 aromatic heterocycles. The lowest BCUT2D eigenvalue weighted by molar-refractivity contribution is -0.137. The van der Waals surface area contributed by atoms with E-state index in [2.05, 4.69) is 5.32 Å². The van der Waals surface area contributed by atoms with Gasteiger partial charge >= 0.3 is 5.97 Å². The van der Waals surface area contributed by atoms with Crippen LogP contribution in [-0.2, 0) is 20.7 Å². The van der Waals surface area contributed by atoms with Crippen molar-refractivity contribution in [2.75, 3.05) is 5.32 Å². The fourth-order valence-corrected chi connectivity index (χ4v) is 3.20. The SMILES string of the molecule is O=C(O)CCc1cccc(NC(=O)C2CC3CCC2O3)c1. The van der Waals surface area contributed by atoms with Crippen LogP contribution in [-0.4, -0.2) is 29.2 Å². The molecule has 0 radical (unpaired) electrons. The molecule has 2 aliphatic heterocycles. The number of ether oxygens (including phenoxy) is 1. The predicted molar refractivity (Wildman–Crippen MR) is 77.0 cm³/mol. The van der Waals surface area contributed by atoms with Gasteiger partial charge in [0.25, 0.3) is 0 Å². The number of hydrogen-bond acceptors (Lipinski definition) is 3. The highest BCUT2D eigenvalue weighted by Gasteiger charge is 2.44. The Kier molecular flexibility index (Phi) is 3.92. The Labute approximate surface area is 123 Å². The molecule has 2 heterocycles. The normalized spacial score (nSPS) is 26.8. The monoisotopic (exact) mass is 289 g/mol. The standard InChI is InChI=1S/C16H19NO4/c18-15(19)7-4-10-2-1-3-11(8-10)17-16(20)13-9-12-5-6-14(13)21-12/h1-3,8,12-14H,4-7,9H2,(H,17,20)(H,18,19). The minimum Gasteiger partial charge on any atom is -0.481 e. The number of fused-ring (bicyclic) bond motifs is 2. The molecule has 0 spiro atoms. The smallest absolute Gasteiger partial charge is 0.303 e. The summed E-state index contributed by atoms with van der Waals surface area (Å²) in [4.78, 5) is 22.9. The molecule has 2 saturated heterocycles. The van der Waals surface area contributed by atoms with Crippen molar-refractivity contribution in [3.8, 4) is 0 Å². The number of carboxylic acids is 1. The molecule has 1 aromatic carbocycles. The number of aliphatic carboxylic acids is 1. The highest BCUT2D eigenvalue weighted by Crippen LogP contribution is 2.39. The third-order valence-corrected chi connectivity index (χ3v) is 4.26. The van der Waals surface area contributed by atoms with Crippen LogP contribution in [0.4, 0.5) is 5.69 Å². The maximum absolute atomic E-state index is 12.3. The molecular weight excluding hydrogens is 270 g/mol. The summed E-state index contributed by atoms with van der Waals surface area (Å²) < 4.78 is 5.71. The second-order valence-corrected chi connectivity index (χ2v) is 5.80. The topological polar surface area (TPSA) is 75.6 Å². The van der Waals surface area contributed by atoms with Gasteiger partial charge in [0.15, 0.2) is 0 Å². The quantitative estimate of drug-likeness (QED) is 0.871. The van der Waals surface area contributed by atoms with E-state index in [4.69, 9.17) is 9.84 Å². The van der Waals surface area contributed by atoms with Gasteiger partial charge in [-0.15, -0.1) is 0 Å². The van der Waals surface area contributed by atoms with Crippen molar-refractivity contribution in [3.05, 3.63) is 29.8 Å². The fraction of sp³-hybridized carbons (Fsp3) is 0.500. The van der Waals surface area contributed by atoms with E-state index in [-0.39, 0.29) is 30.5 Å². The van der Waals surface area contributed by atoms with Crippen molar-refractivity contribution in [1.82, 2.24) is 0 Å². The van der Waals surface area contributed by atoms with E-state index in [1.807, 2.05) is 24.3 Å². The molecule has 112 valence electrons. The second kappa shape index (κ2) is 5.85. The van der Waals surface area contributed by atoms with Gasteiger partial charge in [-0.25, -0.2) is 0 Å². The van der Waals surface area contributed by atoms with E-state index in [0.717, 1.165) is 30.5 Å². The average molecular weight is 289 g/mol. The van der Waals surface area contributed by atoms with Crippen LogP contribution in [0.1, 0.15) is 31.2 Å².